The maximum Gasteiger partial charge on any atom is 0.255 e. The van der Waals surface area contributed by atoms with E-state index >= 15 is 0 Å². The number of benzene rings is 2. The number of hydrogen-bond donors (Lipinski definition) is 1. The van der Waals surface area contributed by atoms with Crippen LogP contribution in [0.4, 0.5) is 5.69 Å². The molecule has 0 aliphatic carbocycles. The molecule has 21 heavy (non-hydrogen) atoms. The second kappa shape index (κ2) is 4.38. The fraction of sp³-hybridized carbons (Fsp3) is 0.118. The van der Waals surface area contributed by atoms with E-state index < -0.39 is 0 Å². The SMILES string of the molecule is CN1c2ccccc2C(=O)N[C@@H]1c1cc2ccccc2o1. The fourth-order valence-corrected chi connectivity index (χ4v) is 2.81. The predicted molar refractivity (Wildman–Crippen MR) is 81.3 cm³/mol. The summed E-state index contributed by atoms with van der Waals surface area (Å²) in [4.78, 5) is 14.3. The number of para-hydroxylation sites is 2. The second-order valence-electron chi connectivity index (χ2n) is 5.19. The van der Waals surface area contributed by atoms with Crippen molar-refractivity contribution in [2.75, 3.05) is 11.9 Å². The summed E-state index contributed by atoms with van der Waals surface area (Å²) in [6.45, 7) is 0. The standard InChI is InChI=1S/C17H14N2O2/c1-19-13-8-4-3-7-12(13)17(20)18-16(19)15-10-11-6-2-5-9-14(11)21-15/h2-10,16H,1H3,(H,18,20)/t16-/m0/s1. The van der Waals surface area contributed by atoms with Crippen LogP contribution < -0.4 is 10.2 Å². The minimum absolute atomic E-state index is 0.0749. The molecule has 3 aromatic rings. The third-order valence-electron chi connectivity index (χ3n) is 3.90. The van der Waals surface area contributed by atoms with E-state index in [1.54, 1.807) is 0 Å². The minimum Gasteiger partial charge on any atom is -0.457 e. The average molecular weight is 278 g/mol. The van der Waals surface area contributed by atoms with E-state index in [9.17, 15) is 4.79 Å². The molecule has 0 fully saturated rings. The number of nitrogens with one attached hydrogen (secondary N) is 1. The van der Waals surface area contributed by atoms with Gasteiger partial charge in [0.2, 0.25) is 0 Å². The molecule has 2 heterocycles. The number of carbonyl (C=O) groups excluding carboxylic acids is 1. The summed E-state index contributed by atoms with van der Waals surface area (Å²) in [6, 6.07) is 17.4. The molecule has 0 spiro atoms. The van der Waals surface area contributed by atoms with E-state index in [-0.39, 0.29) is 12.1 Å². The number of hydrogen-bond acceptors (Lipinski definition) is 3. The van der Waals surface area contributed by atoms with Gasteiger partial charge in [0.25, 0.3) is 5.91 Å². The van der Waals surface area contributed by atoms with Crippen molar-refractivity contribution in [3.8, 4) is 0 Å². The molecule has 4 rings (SSSR count). The number of anilines is 1. The molecule has 4 nitrogen and oxygen atoms in total. The van der Waals surface area contributed by atoms with Gasteiger partial charge in [-0.05, 0) is 24.3 Å². The summed E-state index contributed by atoms with van der Waals surface area (Å²) in [5, 5.41) is 4.03. The average Bonchev–Trinajstić information content (AvgIpc) is 2.94. The third-order valence-corrected chi connectivity index (χ3v) is 3.90. The van der Waals surface area contributed by atoms with Gasteiger partial charge in [-0.1, -0.05) is 30.3 Å². The monoisotopic (exact) mass is 278 g/mol. The van der Waals surface area contributed by atoms with E-state index in [1.807, 2.05) is 66.5 Å². The molecule has 2 aromatic carbocycles. The molecular weight excluding hydrogens is 264 g/mol. The maximum atomic E-state index is 12.3. The molecule has 1 aliphatic heterocycles. The number of rotatable bonds is 1. The summed E-state index contributed by atoms with van der Waals surface area (Å²) < 4.78 is 5.88. The third kappa shape index (κ3) is 1.80. The lowest BCUT2D eigenvalue weighted by Crippen LogP contribution is -2.44. The van der Waals surface area contributed by atoms with Crippen molar-refractivity contribution in [2.24, 2.45) is 0 Å². The molecule has 0 bridgehead atoms. The quantitative estimate of drug-likeness (QED) is 0.742. The van der Waals surface area contributed by atoms with Gasteiger partial charge in [0, 0.05) is 12.4 Å². The lowest BCUT2D eigenvalue weighted by Gasteiger charge is -2.34. The van der Waals surface area contributed by atoms with Gasteiger partial charge in [-0.3, -0.25) is 4.79 Å². The molecular formula is C17H14N2O2. The van der Waals surface area contributed by atoms with Crippen LogP contribution in [0.2, 0.25) is 0 Å². The number of carbonyl (C=O) groups is 1. The Labute approximate surface area is 122 Å². The highest BCUT2D eigenvalue weighted by molar-refractivity contribution is 6.02. The number of nitrogens with zero attached hydrogens (tertiary/aromatic N) is 1. The lowest BCUT2D eigenvalue weighted by atomic mass is 10.1. The van der Waals surface area contributed by atoms with E-state index in [1.165, 1.54) is 0 Å². The van der Waals surface area contributed by atoms with Crippen molar-refractivity contribution < 1.29 is 9.21 Å². The minimum atomic E-state index is -0.292. The molecule has 1 aliphatic rings. The Hall–Kier alpha value is -2.75. The molecule has 0 saturated heterocycles. The van der Waals surface area contributed by atoms with Crippen LogP contribution in [0.1, 0.15) is 22.3 Å². The summed E-state index contributed by atoms with van der Waals surface area (Å²) in [5.41, 5.74) is 2.42. The zero-order valence-corrected chi connectivity index (χ0v) is 11.5. The fourth-order valence-electron chi connectivity index (χ4n) is 2.81. The summed E-state index contributed by atoms with van der Waals surface area (Å²) >= 11 is 0. The van der Waals surface area contributed by atoms with Gasteiger partial charge in [0.15, 0.2) is 6.17 Å². The van der Waals surface area contributed by atoms with Crippen LogP contribution in [0.15, 0.2) is 59.0 Å². The number of fused-ring (bicyclic) bond motifs is 2. The zero-order valence-electron chi connectivity index (χ0n) is 11.5. The first-order chi connectivity index (χ1) is 10.2. The topological polar surface area (TPSA) is 45.5 Å². The van der Waals surface area contributed by atoms with Crippen LogP contribution in [0.25, 0.3) is 11.0 Å². The van der Waals surface area contributed by atoms with Gasteiger partial charge < -0.3 is 14.6 Å². The Kier molecular flexibility index (Phi) is 2.51. The van der Waals surface area contributed by atoms with Gasteiger partial charge in [0.1, 0.15) is 11.3 Å². The Morgan fingerprint density at radius 1 is 1.10 bits per heavy atom. The van der Waals surface area contributed by atoms with Crippen molar-refractivity contribution in [3.05, 3.63) is 65.9 Å². The summed E-state index contributed by atoms with van der Waals surface area (Å²) in [7, 11) is 1.95. The van der Waals surface area contributed by atoms with Crippen LogP contribution in [-0.2, 0) is 0 Å². The number of amides is 1. The summed E-state index contributed by atoms with van der Waals surface area (Å²) in [6.07, 6.45) is -0.292. The first kappa shape index (κ1) is 12.0. The Balaban J connectivity index is 1.81. The first-order valence-electron chi connectivity index (χ1n) is 6.85. The van der Waals surface area contributed by atoms with Gasteiger partial charge in [-0.15, -0.1) is 0 Å². The van der Waals surface area contributed by atoms with Crippen molar-refractivity contribution in [3.63, 3.8) is 0 Å². The van der Waals surface area contributed by atoms with Gasteiger partial charge in [-0.2, -0.15) is 0 Å². The highest BCUT2D eigenvalue weighted by atomic mass is 16.3. The van der Waals surface area contributed by atoms with E-state index in [2.05, 4.69) is 5.32 Å². The second-order valence-corrected chi connectivity index (χ2v) is 5.19. The number of furan rings is 1. The highest BCUT2D eigenvalue weighted by Crippen LogP contribution is 2.33. The lowest BCUT2D eigenvalue weighted by molar-refractivity contribution is 0.0922. The zero-order chi connectivity index (χ0) is 14.4. The molecule has 4 heteroatoms. The van der Waals surface area contributed by atoms with Crippen LogP contribution >= 0.6 is 0 Å². The van der Waals surface area contributed by atoms with E-state index in [4.69, 9.17) is 4.42 Å². The highest BCUT2D eigenvalue weighted by Gasteiger charge is 2.31. The molecule has 1 amide bonds. The Bertz CT molecular complexity index is 804. The molecule has 104 valence electrons. The molecule has 0 radical (unpaired) electrons. The molecule has 1 N–H and O–H groups in total. The van der Waals surface area contributed by atoms with E-state index in [0.29, 0.717) is 5.56 Å². The molecule has 1 atom stereocenters. The Morgan fingerprint density at radius 3 is 2.71 bits per heavy atom. The van der Waals surface area contributed by atoms with Crippen molar-refractivity contribution in [1.82, 2.24) is 5.32 Å². The summed E-state index contributed by atoms with van der Waals surface area (Å²) in [5.74, 6) is 0.663. The Morgan fingerprint density at radius 2 is 1.86 bits per heavy atom. The van der Waals surface area contributed by atoms with Crippen molar-refractivity contribution >= 4 is 22.6 Å². The first-order valence-corrected chi connectivity index (χ1v) is 6.85. The van der Waals surface area contributed by atoms with Crippen LogP contribution in [0.5, 0.6) is 0 Å². The molecule has 0 saturated carbocycles. The largest absolute Gasteiger partial charge is 0.457 e. The predicted octanol–water partition coefficient (Wildman–Crippen LogP) is 3.31. The normalized spacial score (nSPS) is 17.7. The molecule has 1 aromatic heterocycles. The van der Waals surface area contributed by atoms with Crippen molar-refractivity contribution in [1.29, 1.82) is 0 Å². The van der Waals surface area contributed by atoms with Crippen molar-refractivity contribution in [2.45, 2.75) is 6.17 Å². The molecule has 0 unspecified atom stereocenters. The maximum absolute atomic E-state index is 12.3. The van der Waals surface area contributed by atoms with Crippen LogP contribution in [0.3, 0.4) is 0 Å². The smallest absolute Gasteiger partial charge is 0.255 e. The van der Waals surface area contributed by atoms with Crippen LogP contribution in [-0.4, -0.2) is 13.0 Å². The van der Waals surface area contributed by atoms with Gasteiger partial charge >= 0.3 is 0 Å². The van der Waals surface area contributed by atoms with E-state index in [0.717, 1.165) is 22.4 Å². The van der Waals surface area contributed by atoms with Gasteiger partial charge in [0.05, 0.1) is 11.3 Å². The van der Waals surface area contributed by atoms with Gasteiger partial charge in [-0.25, -0.2) is 0 Å². The van der Waals surface area contributed by atoms with Crippen LogP contribution in [0, 0.1) is 0 Å².